The van der Waals surface area contributed by atoms with Gasteiger partial charge in [-0.3, -0.25) is 4.79 Å². The van der Waals surface area contributed by atoms with Crippen LogP contribution in [0.5, 0.6) is 5.75 Å². The van der Waals surface area contributed by atoms with Gasteiger partial charge in [-0.2, -0.15) is 0 Å². The van der Waals surface area contributed by atoms with Crippen LogP contribution in [0.15, 0.2) is 67.0 Å². The second-order valence-electron chi connectivity index (χ2n) is 11.2. The molecule has 3 aromatic rings. The second-order valence-corrected chi connectivity index (χ2v) is 12.0. The van der Waals surface area contributed by atoms with Gasteiger partial charge in [0.25, 0.3) is 5.91 Å². The maximum atomic E-state index is 13.6. The Bertz CT molecular complexity index is 1200. The molecule has 1 heterocycles. The van der Waals surface area contributed by atoms with Crippen molar-refractivity contribution in [3.05, 3.63) is 93.7 Å². The molecule has 0 aliphatic rings. The first kappa shape index (κ1) is 33.9. The molecule has 0 radical (unpaired) electrons. The molecule has 0 aliphatic carbocycles. The van der Waals surface area contributed by atoms with Crippen LogP contribution in [0.1, 0.15) is 112 Å². The number of halogens is 2. The number of pyridine rings is 1. The first-order valence-electron chi connectivity index (χ1n) is 15.9. The van der Waals surface area contributed by atoms with Crippen molar-refractivity contribution in [1.29, 1.82) is 0 Å². The van der Waals surface area contributed by atoms with Crippen LogP contribution < -0.4 is 9.30 Å². The number of hydrogen-bond acceptors (Lipinski definition) is 2. The number of carbonyl (C=O) groups is 1. The van der Waals surface area contributed by atoms with E-state index in [9.17, 15) is 4.79 Å². The Kier molecular flexibility index (Phi) is 15.8. The normalized spacial score (nSPS) is 11.0. The second kappa shape index (κ2) is 19.6. The van der Waals surface area contributed by atoms with Gasteiger partial charge in [-0.25, -0.2) is 4.57 Å². The minimum atomic E-state index is -0.115. The van der Waals surface area contributed by atoms with E-state index in [1.807, 2.05) is 47.6 Å². The SMILES string of the molecule is CCCCCCCCCCCCCCOc1ccc(CN(Cc2cc[n+](CC)cc2)C(=O)c2ccccc2Cl)cc1Cl. The van der Waals surface area contributed by atoms with Crippen molar-refractivity contribution in [2.75, 3.05) is 6.61 Å². The molecule has 0 unspecified atom stereocenters. The number of hydrogen-bond donors (Lipinski definition) is 0. The summed E-state index contributed by atoms with van der Waals surface area (Å²) in [6, 6.07) is 17.1. The predicted octanol–water partition coefficient (Wildman–Crippen LogP) is 10.2. The third kappa shape index (κ3) is 12.0. The fourth-order valence-corrected chi connectivity index (χ4v) is 5.61. The van der Waals surface area contributed by atoms with Gasteiger partial charge in [0.15, 0.2) is 12.4 Å². The number of carbonyl (C=O) groups excluding carboxylic acids is 1. The summed E-state index contributed by atoms with van der Waals surface area (Å²) in [6.07, 6.45) is 19.9. The van der Waals surface area contributed by atoms with E-state index in [4.69, 9.17) is 27.9 Å². The summed E-state index contributed by atoms with van der Waals surface area (Å²) in [5, 5.41) is 1.02. The summed E-state index contributed by atoms with van der Waals surface area (Å²) in [5.74, 6) is 0.580. The van der Waals surface area contributed by atoms with Crippen molar-refractivity contribution in [3.8, 4) is 5.75 Å². The number of rotatable bonds is 20. The van der Waals surface area contributed by atoms with Crippen LogP contribution in [0.3, 0.4) is 0 Å². The summed E-state index contributed by atoms with van der Waals surface area (Å²) in [6.45, 7) is 6.80. The average molecular weight is 613 g/mol. The van der Waals surface area contributed by atoms with Gasteiger partial charge in [0, 0.05) is 25.2 Å². The average Bonchev–Trinajstić information content (AvgIpc) is 3.00. The van der Waals surface area contributed by atoms with Gasteiger partial charge < -0.3 is 9.64 Å². The summed E-state index contributed by atoms with van der Waals surface area (Å²) in [5.41, 5.74) is 2.48. The standard InChI is InChI=1S/C36H49Cl2N2O2/c1-3-5-6-7-8-9-10-11-12-13-14-17-26-42-35-21-20-31(27-34(35)38)29-40(28-30-22-24-39(4-2)25-23-30)36(41)32-18-15-16-19-33(32)37/h15-16,18-25,27H,3-14,17,26,28-29H2,1-2H3/q+1. The zero-order chi connectivity index (χ0) is 30.0. The highest BCUT2D eigenvalue weighted by Gasteiger charge is 2.20. The lowest BCUT2D eigenvalue weighted by Gasteiger charge is -2.24. The number of aryl methyl sites for hydroxylation is 1. The highest BCUT2D eigenvalue weighted by atomic mass is 35.5. The molecule has 1 amide bonds. The largest absolute Gasteiger partial charge is 0.492 e. The number of ether oxygens (including phenoxy) is 1. The van der Waals surface area contributed by atoms with Crippen molar-refractivity contribution >= 4 is 29.1 Å². The molecule has 0 atom stereocenters. The zero-order valence-corrected chi connectivity index (χ0v) is 27.1. The molecule has 0 aliphatic heterocycles. The van der Waals surface area contributed by atoms with E-state index in [2.05, 4.69) is 30.5 Å². The predicted molar refractivity (Wildman–Crippen MR) is 175 cm³/mol. The maximum absolute atomic E-state index is 13.6. The number of amides is 1. The molecule has 0 N–H and O–H groups in total. The topological polar surface area (TPSA) is 33.4 Å². The Hall–Kier alpha value is -2.56. The molecule has 2 aromatic carbocycles. The first-order chi connectivity index (χ1) is 20.5. The van der Waals surface area contributed by atoms with Crippen molar-refractivity contribution in [2.24, 2.45) is 0 Å². The molecule has 6 heteroatoms. The Balaban J connectivity index is 1.47. The van der Waals surface area contributed by atoms with E-state index >= 15 is 0 Å². The van der Waals surface area contributed by atoms with Gasteiger partial charge in [-0.05, 0) is 48.7 Å². The molecular formula is C36H49Cl2N2O2+. The molecule has 0 saturated heterocycles. The molecule has 42 heavy (non-hydrogen) atoms. The Morgan fingerprint density at radius 3 is 1.90 bits per heavy atom. The summed E-state index contributed by atoms with van der Waals surface area (Å²) >= 11 is 13.0. The fraction of sp³-hybridized carbons (Fsp3) is 0.500. The van der Waals surface area contributed by atoms with Crippen LogP contribution in [0.2, 0.25) is 10.0 Å². The van der Waals surface area contributed by atoms with Gasteiger partial charge in [0.05, 0.1) is 22.2 Å². The van der Waals surface area contributed by atoms with E-state index in [-0.39, 0.29) is 5.91 Å². The van der Waals surface area contributed by atoms with Gasteiger partial charge in [-0.15, -0.1) is 0 Å². The van der Waals surface area contributed by atoms with E-state index in [0.29, 0.717) is 41.1 Å². The molecule has 3 rings (SSSR count). The molecule has 0 saturated carbocycles. The summed E-state index contributed by atoms with van der Waals surface area (Å²) < 4.78 is 8.10. The lowest BCUT2D eigenvalue weighted by molar-refractivity contribution is -0.693. The van der Waals surface area contributed by atoms with Crippen molar-refractivity contribution in [2.45, 2.75) is 111 Å². The number of nitrogens with zero attached hydrogens (tertiary/aromatic N) is 2. The lowest BCUT2D eigenvalue weighted by Crippen LogP contribution is -2.33. The van der Waals surface area contributed by atoms with Crippen molar-refractivity contribution in [3.63, 3.8) is 0 Å². The minimum absolute atomic E-state index is 0.115. The van der Waals surface area contributed by atoms with Gasteiger partial charge >= 0.3 is 0 Å². The van der Waals surface area contributed by atoms with Gasteiger partial charge in [0.2, 0.25) is 0 Å². The van der Waals surface area contributed by atoms with Gasteiger partial charge in [0.1, 0.15) is 12.3 Å². The molecule has 0 spiro atoms. The molecule has 1 aromatic heterocycles. The van der Waals surface area contributed by atoms with Crippen LogP contribution in [-0.4, -0.2) is 17.4 Å². The van der Waals surface area contributed by atoms with Crippen LogP contribution in [0.4, 0.5) is 0 Å². The molecule has 0 bridgehead atoms. The highest BCUT2D eigenvalue weighted by molar-refractivity contribution is 6.33. The van der Waals surface area contributed by atoms with E-state index in [1.54, 1.807) is 12.1 Å². The van der Waals surface area contributed by atoms with Crippen LogP contribution in [0.25, 0.3) is 0 Å². The molecule has 228 valence electrons. The van der Waals surface area contributed by atoms with Crippen molar-refractivity contribution < 1.29 is 14.1 Å². The Labute approximate surface area is 264 Å². The summed E-state index contributed by atoms with van der Waals surface area (Å²) in [7, 11) is 0. The van der Waals surface area contributed by atoms with Crippen LogP contribution in [-0.2, 0) is 19.6 Å². The Morgan fingerprint density at radius 1 is 0.714 bits per heavy atom. The third-order valence-corrected chi connectivity index (χ3v) is 8.34. The number of benzene rings is 2. The number of aromatic nitrogens is 1. The van der Waals surface area contributed by atoms with E-state index in [1.165, 1.54) is 70.6 Å². The molecular weight excluding hydrogens is 563 g/mol. The fourth-order valence-electron chi connectivity index (χ4n) is 5.13. The van der Waals surface area contributed by atoms with Crippen molar-refractivity contribution in [1.82, 2.24) is 4.90 Å². The third-order valence-electron chi connectivity index (χ3n) is 7.72. The van der Waals surface area contributed by atoms with Crippen LogP contribution >= 0.6 is 23.2 Å². The highest BCUT2D eigenvalue weighted by Crippen LogP contribution is 2.28. The maximum Gasteiger partial charge on any atom is 0.255 e. The number of unbranched alkanes of at least 4 members (excludes halogenated alkanes) is 11. The smallest absolute Gasteiger partial charge is 0.255 e. The van der Waals surface area contributed by atoms with Crippen LogP contribution in [0, 0.1) is 0 Å². The first-order valence-corrected chi connectivity index (χ1v) is 16.7. The van der Waals surface area contributed by atoms with E-state index in [0.717, 1.165) is 24.1 Å². The minimum Gasteiger partial charge on any atom is -0.492 e. The summed E-state index contributed by atoms with van der Waals surface area (Å²) in [4.78, 5) is 15.4. The quantitative estimate of drug-likeness (QED) is 0.0940. The molecule has 4 nitrogen and oxygen atoms in total. The molecule has 0 fully saturated rings. The Morgan fingerprint density at radius 2 is 1.31 bits per heavy atom. The zero-order valence-electron chi connectivity index (χ0n) is 25.6. The van der Waals surface area contributed by atoms with E-state index < -0.39 is 0 Å². The lowest BCUT2D eigenvalue weighted by atomic mass is 10.1. The van der Waals surface area contributed by atoms with Gasteiger partial charge in [-0.1, -0.05) is 119 Å². The monoisotopic (exact) mass is 611 g/mol.